The SMILES string of the molecule is O=C(Nc1ccc(-c2nc3ccc(C(=O)Nc4ccccc4)cc3[nH]2)cc1)c1ccc(Cl)cc1. The Hall–Kier alpha value is -4.42. The van der Waals surface area contributed by atoms with Crippen LogP contribution < -0.4 is 10.6 Å². The van der Waals surface area contributed by atoms with Crippen LogP contribution in [0.4, 0.5) is 11.4 Å². The molecule has 2 amide bonds. The molecule has 0 spiro atoms. The molecule has 3 N–H and O–H groups in total. The normalized spacial score (nSPS) is 10.7. The van der Waals surface area contributed by atoms with Gasteiger partial charge in [0.15, 0.2) is 0 Å². The second kappa shape index (κ2) is 9.21. The lowest BCUT2D eigenvalue weighted by Gasteiger charge is -2.06. The Morgan fingerprint density at radius 2 is 1.32 bits per heavy atom. The maximum atomic E-state index is 12.6. The van der Waals surface area contributed by atoms with E-state index in [-0.39, 0.29) is 11.8 Å². The number of benzene rings is 4. The monoisotopic (exact) mass is 466 g/mol. The van der Waals surface area contributed by atoms with Crippen molar-refractivity contribution in [3.05, 3.63) is 113 Å². The first-order valence-electron chi connectivity index (χ1n) is 10.6. The molecule has 0 aliphatic rings. The third kappa shape index (κ3) is 4.67. The molecule has 166 valence electrons. The maximum Gasteiger partial charge on any atom is 0.255 e. The van der Waals surface area contributed by atoms with Gasteiger partial charge in [-0.3, -0.25) is 9.59 Å². The van der Waals surface area contributed by atoms with Gasteiger partial charge in [0.2, 0.25) is 0 Å². The fourth-order valence-electron chi connectivity index (χ4n) is 3.53. The Balaban J connectivity index is 1.31. The van der Waals surface area contributed by atoms with Crippen LogP contribution >= 0.6 is 11.6 Å². The number of para-hydroxylation sites is 1. The summed E-state index contributed by atoms with van der Waals surface area (Å²) in [6.45, 7) is 0. The third-order valence-corrected chi connectivity index (χ3v) is 5.55. The Kier molecular flexibility index (Phi) is 5.81. The van der Waals surface area contributed by atoms with E-state index in [0.29, 0.717) is 27.7 Å². The van der Waals surface area contributed by atoms with Crippen LogP contribution in [0.15, 0.2) is 97.1 Å². The average molecular weight is 467 g/mol. The van der Waals surface area contributed by atoms with Crippen LogP contribution in [0.3, 0.4) is 0 Å². The second-order valence-corrected chi connectivity index (χ2v) is 8.11. The first-order valence-corrected chi connectivity index (χ1v) is 11.0. The minimum absolute atomic E-state index is 0.190. The molecule has 0 aliphatic heterocycles. The molecule has 7 heteroatoms. The van der Waals surface area contributed by atoms with E-state index in [9.17, 15) is 9.59 Å². The molecule has 0 atom stereocenters. The van der Waals surface area contributed by atoms with Crippen molar-refractivity contribution in [2.24, 2.45) is 0 Å². The Morgan fingerprint density at radius 1 is 0.706 bits per heavy atom. The number of hydrogen-bond donors (Lipinski definition) is 3. The van der Waals surface area contributed by atoms with E-state index in [1.807, 2.05) is 60.7 Å². The number of aromatic amines is 1. The number of halogens is 1. The maximum absolute atomic E-state index is 12.6. The zero-order valence-corrected chi connectivity index (χ0v) is 18.6. The molecule has 6 nitrogen and oxygen atoms in total. The summed E-state index contributed by atoms with van der Waals surface area (Å²) in [6, 6.07) is 28.7. The topological polar surface area (TPSA) is 86.9 Å². The highest BCUT2D eigenvalue weighted by molar-refractivity contribution is 6.30. The Labute approximate surface area is 200 Å². The number of anilines is 2. The van der Waals surface area contributed by atoms with Crippen LogP contribution in [0, 0.1) is 0 Å². The molecule has 0 bridgehead atoms. The van der Waals surface area contributed by atoms with Gasteiger partial charge in [-0.2, -0.15) is 0 Å². The summed E-state index contributed by atoms with van der Waals surface area (Å²) in [5, 5.41) is 6.33. The highest BCUT2D eigenvalue weighted by atomic mass is 35.5. The fraction of sp³-hybridized carbons (Fsp3) is 0. The number of imidazole rings is 1. The predicted octanol–water partition coefficient (Wildman–Crippen LogP) is 6.39. The number of nitrogens with zero attached hydrogens (tertiary/aromatic N) is 1. The van der Waals surface area contributed by atoms with Crippen molar-refractivity contribution < 1.29 is 9.59 Å². The predicted molar refractivity (Wildman–Crippen MR) is 135 cm³/mol. The lowest BCUT2D eigenvalue weighted by Crippen LogP contribution is -2.11. The summed E-state index contributed by atoms with van der Waals surface area (Å²) in [5.41, 5.74) is 4.84. The first-order chi connectivity index (χ1) is 16.5. The molecule has 0 unspecified atom stereocenters. The largest absolute Gasteiger partial charge is 0.338 e. The van der Waals surface area contributed by atoms with Crippen LogP contribution in [-0.2, 0) is 0 Å². The Morgan fingerprint density at radius 3 is 2.03 bits per heavy atom. The van der Waals surface area contributed by atoms with Gasteiger partial charge in [-0.15, -0.1) is 0 Å². The van der Waals surface area contributed by atoms with Crippen molar-refractivity contribution in [2.45, 2.75) is 0 Å². The molecule has 0 saturated carbocycles. The van der Waals surface area contributed by atoms with E-state index in [0.717, 1.165) is 22.3 Å². The number of rotatable bonds is 5. The second-order valence-electron chi connectivity index (χ2n) is 7.68. The zero-order chi connectivity index (χ0) is 23.5. The molecule has 34 heavy (non-hydrogen) atoms. The van der Waals surface area contributed by atoms with E-state index < -0.39 is 0 Å². The minimum Gasteiger partial charge on any atom is -0.338 e. The van der Waals surface area contributed by atoms with Crippen molar-refractivity contribution in [3.63, 3.8) is 0 Å². The number of aromatic nitrogens is 2. The molecule has 4 aromatic carbocycles. The van der Waals surface area contributed by atoms with Gasteiger partial charge in [0.1, 0.15) is 5.82 Å². The highest BCUT2D eigenvalue weighted by Gasteiger charge is 2.11. The van der Waals surface area contributed by atoms with Crippen molar-refractivity contribution in [3.8, 4) is 11.4 Å². The molecule has 1 heterocycles. The minimum atomic E-state index is -0.213. The van der Waals surface area contributed by atoms with Crippen molar-refractivity contribution in [1.82, 2.24) is 9.97 Å². The molecule has 0 aliphatic carbocycles. The lowest BCUT2D eigenvalue weighted by molar-refractivity contribution is 0.101. The highest BCUT2D eigenvalue weighted by Crippen LogP contribution is 2.24. The summed E-state index contributed by atoms with van der Waals surface area (Å²) >= 11 is 5.88. The third-order valence-electron chi connectivity index (χ3n) is 5.30. The number of nitrogens with one attached hydrogen (secondary N) is 3. The van der Waals surface area contributed by atoms with Gasteiger partial charge >= 0.3 is 0 Å². The van der Waals surface area contributed by atoms with Crippen LogP contribution in [-0.4, -0.2) is 21.8 Å². The molecule has 0 radical (unpaired) electrons. The van der Waals surface area contributed by atoms with E-state index in [4.69, 9.17) is 11.6 Å². The molecule has 0 saturated heterocycles. The van der Waals surface area contributed by atoms with Gasteiger partial charge in [-0.1, -0.05) is 29.8 Å². The summed E-state index contributed by atoms with van der Waals surface area (Å²) in [5.74, 6) is 0.269. The molecular weight excluding hydrogens is 448 g/mol. The summed E-state index contributed by atoms with van der Waals surface area (Å²) in [4.78, 5) is 32.9. The molecule has 5 aromatic rings. The zero-order valence-electron chi connectivity index (χ0n) is 17.9. The smallest absolute Gasteiger partial charge is 0.255 e. The Bertz CT molecular complexity index is 1480. The van der Waals surface area contributed by atoms with Gasteiger partial charge in [0, 0.05) is 33.1 Å². The average Bonchev–Trinajstić information content (AvgIpc) is 3.29. The number of amides is 2. The van der Waals surface area contributed by atoms with Gasteiger partial charge in [-0.05, 0) is 78.9 Å². The van der Waals surface area contributed by atoms with E-state index in [1.54, 1.807) is 36.4 Å². The van der Waals surface area contributed by atoms with Crippen LogP contribution in [0.25, 0.3) is 22.4 Å². The number of hydrogen-bond acceptors (Lipinski definition) is 3. The molecule has 5 rings (SSSR count). The first kappa shape index (κ1) is 21.4. The van der Waals surface area contributed by atoms with Gasteiger partial charge in [0.05, 0.1) is 11.0 Å². The molecule has 0 fully saturated rings. The quantitative estimate of drug-likeness (QED) is 0.280. The summed E-state index contributed by atoms with van der Waals surface area (Å²) < 4.78 is 0. The van der Waals surface area contributed by atoms with E-state index in [2.05, 4.69) is 20.6 Å². The number of fused-ring (bicyclic) bond motifs is 1. The number of H-pyrrole nitrogens is 1. The molecule has 1 aromatic heterocycles. The van der Waals surface area contributed by atoms with E-state index in [1.165, 1.54) is 0 Å². The van der Waals surface area contributed by atoms with Crippen molar-refractivity contribution >= 4 is 45.8 Å². The van der Waals surface area contributed by atoms with Gasteiger partial charge in [-0.25, -0.2) is 4.98 Å². The fourth-order valence-corrected chi connectivity index (χ4v) is 3.65. The summed E-state index contributed by atoms with van der Waals surface area (Å²) in [6.07, 6.45) is 0. The summed E-state index contributed by atoms with van der Waals surface area (Å²) in [7, 11) is 0. The van der Waals surface area contributed by atoms with Gasteiger partial charge in [0.25, 0.3) is 11.8 Å². The van der Waals surface area contributed by atoms with Crippen LogP contribution in [0.2, 0.25) is 5.02 Å². The van der Waals surface area contributed by atoms with Crippen molar-refractivity contribution in [2.75, 3.05) is 10.6 Å². The van der Waals surface area contributed by atoms with E-state index >= 15 is 0 Å². The van der Waals surface area contributed by atoms with Crippen LogP contribution in [0.1, 0.15) is 20.7 Å². The van der Waals surface area contributed by atoms with Crippen molar-refractivity contribution in [1.29, 1.82) is 0 Å². The lowest BCUT2D eigenvalue weighted by atomic mass is 10.1. The number of carbonyl (C=O) groups excluding carboxylic acids is 2. The number of carbonyl (C=O) groups is 2. The van der Waals surface area contributed by atoms with Crippen LogP contribution in [0.5, 0.6) is 0 Å². The van der Waals surface area contributed by atoms with Gasteiger partial charge < -0.3 is 15.6 Å². The molecular formula is C27H19ClN4O2. The standard InChI is InChI=1S/C27H19ClN4O2/c28-20-11-6-18(7-12-20)26(33)30-22-13-8-17(9-14-22)25-31-23-15-10-19(16-24(23)32-25)27(34)29-21-4-2-1-3-5-21/h1-16H,(H,29,34)(H,30,33)(H,31,32).